The molecule has 3 N–H and O–H groups in total. The van der Waals surface area contributed by atoms with Crippen LogP contribution >= 0.6 is 0 Å². The van der Waals surface area contributed by atoms with E-state index in [1.165, 1.54) is 0 Å². The summed E-state index contributed by atoms with van der Waals surface area (Å²) in [5.74, 6) is -0.0520. The van der Waals surface area contributed by atoms with Crippen LogP contribution in [0, 0.1) is 0 Å². The number of ether oxygens (including phenoxy) is 1. The Hall–Kier alpha value is -0.610. The summed E-state index contributed by atoms with van der Waals surface area (Å²) in [4.78, 5) is 11.5. The van der Waals surface area contributed by atoms with Crippen molar-refractivity contribution < 1.29 is 9.53 Å². The van der Waals surface area contributed by atoms with Gasteiger partial charge in [-0.1, -0.05) is 12.8 Å². The summed E-state index contributed by atoms with van der Waals surface area (Å²) in [6.45, 7) is 4.99. The second kappa shape index (κ2) is 7.65. The second-order valence-electron chi connectivity index (χ2n) is 4.17. The van der Waals surface area contributed by atoms with Crippen molar-refractivity contribution >= 4 is 5.91 Å². The number of methoxy groups -OCH3 is 1. The van der Waals surface area contributed by atoms with Crippen molar-refractivity contribution in [3.8, 4) is 0 Å². The Balaban J connectivity index is 3.47. The first-order valence-electron chi connectivity index (χ1n) is 5.58. The lowest BCUT2D eigenvalue weighted by Crippen LogP contribution is -2.43. The van der Waals surface area contributed by atoms with E-state index in [0.29, 0.717) is 0 Å². The van der Waals surface area contributed by atoms with E-state index in [-0.39, 0.29) is 5.91 Å². The number of rotatable bonds is 8. The minimum absolute atomic E-state index is 0.0520. The van der Waals surface area contributed by atoms with Gasteiger partial charge in [-0.3, -0.25) is 4.79 Å². The fourth-order valence-electron chi connectivity index (χ4n) is 1.13. The highest BCUT2D eigenvalue weighted by molar-refractivity contribution is 5.84. The summed E-state index contributed by atoms with van der Waals surface area (Å²) in [6, 6.07) is 0. The first-order valence-corrected chi connectivity index (χ1v) is 5.58. The molecule has 0 heterocycles. The van der Waals surface area contributed by atoms with E-state index < -0.39 is 5.60 Å². The minimum atomic E-state index is -0.725. The van der Waals surface area contributed by atoms with Gasteiger partial charge in [-0.05, 0) is 33.2 Å². The van der Waals surface area contributed by atoms with Crippen LogP contribution in [0.1, 0.15) is 39.5 Å². The van der Waals surface area contributed by atoms with Crippen LogP contribution in [-0.4, -0.2) is 31.7 Å². The number of hydrogen-bond acceptors (Lipinski definition) is 3. The standard InChI is InChI=1S/C11H24N2O2/c1-11(2,15-3)10(14)13-9-7-5-4-6-8-12/h4-9,12H2,1-3H3,(H,13,14). The van der Waals surface area contributed by atoms with Crippen LogP contribution in [0.5, 0.6) is 0 Å². The molecule has 4 heteroatoms. The Morgan fingerprint density at radius 1 is 1.27 bits per heavy atom. The first kappa shape index (κ1) is 14.4. The summed E-state index contributed by atoms with van der Waals surface area (Å²) in [6.07, 6.45) is 4.33. The topological polar surface area (TPSA) is 64.3 Å². The van der Waals surface area contributed by atoms with Crippen LogP contribution in [0.2, 0.25) is 0 Å². The molecule has 0 aromatic rings. The van der Waals surface area contributed by atoms with Gasteiger partial charge in [-0.2, -0.15) is 0 Å². The van der Waals surface area contributed by atoms with Gasteiger partial charge < -0.3 is 15.8 Å². The predicted octanol–water partition coefficient (Wildman–Crippen LogP) is 1.05. The first-order chi connectivity index (χ1) is 7.04. The molecule has 0 aromatic heterocycles. The zero-order chi connectivity index (χ0) is 11.7. The van der Waals surface area contributed by atoms with Crippen molar-refractivity contribution in [1.29, 1.82) is 0 Å². The number of nitrogens with two attached hydrogens (primary N) is 1. The van der Waals surface area contributed by atoms with Gasteiger partial charge in [0.1, 0.15) is 5.60 Å². The average Bonchev–Trinajstić information content (AvgIpc) is 2.22. The third kappa shape index (κ3) is 6.47. The van der Waals surface area contributed by atoms with Crippen molar-refractivity contribution in [2.45, 2.75) is 45.1 Å². The number of hydrogen-bond donors (Lipinski definition) is 2. The van der Waals surface area contributed by atoms with Crippen LogP contribution in [0.15, 0.2) is 0 Å². The van der Waals surface area contributed by atoms with E-state index in [1.807, 2.05) is 0 Å². The zero-order valence-corrected chi connectivity index (χ0v) is 10.1. The number of carbonyl (C=O) groups excluding carboxylic acids is 1. The highest BCUT2D eigenvalue weighted by Crippen LogP contribution is 2.06. The molecule has 0 radical (unpaired) electrons. The van der Waals surface area contributed by atoms with E-state index in [2.05, 4.69) is 5.32 Å². The van der Waals surface area contributed by atoms with Crippen molar-refractivity contribution in [3.05, 3.63) is 0 Å². The van der Waals surface area contributed by atoms with Crippen molar-refractivity contribution in [1.82, 2.24) is 5.32 Å². The summed E-state index contributed by atoms with van der Waals surface area (Å²) in [5, 5.41) is 2.86. The molecular formula is C11H24N2O2. The predicted molar refractivity (Wildman–Crippen MR) is 61.6 cm³/mol. The molecule has 0 saturated heterocycles. The molecular weight excluding hydrogens is 192 g/mol. The molecule has 0 bridgehead atoms. The van der Waals surface area contributed by atoms with Gasteiger partial charge in [0, 0.05) is 13.7 Å². The fraction of sp³-hybridized carbons (Fsp3) is 0.909. The van der Waals surface area contributed by atoms with Crippen molar-refractivity contribution in [2.75, 3.05) is 20.2 Å². The quantitative estimate of drug-likeness (QED) is 0.596. The summed E-state index contributed by atoms with van der Waals surface area (Å²) in [7, 11) is 1.54. The van der Waals surface area contributed by atoms with E-state index >= 15 is 0 Å². The third-order valence-electron chi connectivity index (χ3n) is 2.47. The molecule has 4 nitrogen and oxygen atoms in total. The minimum Gasteiger partial charge on any atom is -0.369 e. The number of carbonyl (C=O) groups is 1. The Morgan fingerprint density at radius 2 is 1.87 bits per heavy atom. The van der Waals surface area contributed by atoms with E-state index in [9.17, 15) is 4.79 Å². The highest BCUT2D eigenvalue weighted by atomic mass is 16.5. The van der Waals surface area contributed by atoms with Crippen LogP contribution in [0.25, 0.3) is 0 Å². The van der Waals surface area contributed by atoms with Crippen LogP contribution in [0.3, 0.4) is 0 Å². The molecule has 0 aliphatic rings. The molecule has 90 valence electrons. The number of nitrogens with one attached hydrogen (secondary N) is 1. The lowest BCUT2D eigenvalue weighted by molar-refractivity contribution is -0.139. The smallest absolute Gasteiger partial charge is 0.251 e. The summed E-state index contributed by atoms with van der Waals surface area (Å²) < 4.78 is 5.07. The van der Waals surface area contributed by atoms with Gasteiger partial charge >= 0.3 is 0 Å². The number of amides is 1. The Morgan fingerprint density at radius 3 is 2.40 bits per heavy atom. The highest BCUT2D eigenvalue weighted by Gasteiger charge is 2.25. The molecule has 0 spiro atoms. The van der Waals surface area contributed by atoms with Crippen LogP contribution in [0.4, 0.5) is 0 Å². The lowest BCUT2D eigenvalue weighted by Gasteiger charge is -2.21. The molecule has 0 atom stereocenters. The van der Waals surface area contributed by atoms with Crippen LogP contribution in [-0.2, 0) is 9.53 Å². The Bertz CT molecular complexity index is 181. The largest absolute Gasteiger partial charge is 0.369 e. The lowest BCUT2D eigenvalue weighted by atomic mass is 10.1. The number of unbranched alkanes of at least 4 members (excludes halogenated alkanes) is 3. The molecule has 0 rings (SSSR count). The maximum atomic E-state index is 11.5. The van der Waals surface area contributed by atoms with Gasteiger partial charge in [-0.15, -0.1) is 0 Å². The van der Waals surface area contributed by atoms with Crippen molar-refractivity contribution in [3.63, 3.8) is 0 Å². The maximum absolute atomic E-state index is 11.5. The SMILES string of the molecule is COC(C)(C)C(=O)NCCCCCCN. The summed E-state index contributed by atoms with van der Waals surface area (Å²) >= 11 is 0. The molecule has 0 unspecified atom stereocenters. The third-order valence-corrected chi connectivity index (χ3v) is 2.47. The Labute approximate surface area is 92.6 Å². The second-order valence-corrected chi connectivity index (χ2v) is 4.17. The van der Waals surface area contributed by atoms with Gasteiger partial charge in [-0.25, -0.2) is 0 Å². The molecule has 0 aliphatic carbocycles. The normalized spacial score (nSPS) is 11.5. The van der Waals surface area contributed by atoms with Gasteiger partial charge in [0.25, 0.3) is 5.91 Å². The van der Waals surface area contributed by atoms with Gasteiger partial charge in [0.2, 0.25) is 0 Å². The Kier molecular flexibility index (Phi) is 7.34. The van der Waals surface area contributed by atoms with Gasteiger partial charge in [0.15, 0.2) is 0 Å². The molecule has 0 fully saturated rings. The monoisotopic (exact) mass is 216 g/mol. The van der Waals surface area contributed by atoms with Crippen molar-refractivity contribution in [2.24, 2.45) is 5.73 Å². The molecule has 0 aliphatic heterocycles. The fourth-order valence-corrected chi connectivity index (χ4v) is 1.13. The molecule has 0 saturated carbocycles. The van der Waals surface area contributed by atoms with Gasteiger partial charge in [0.05, 0.1) is 0 Å². The van der Waals surface area contributed by atoms with E-state index in [4.69, 9.17) is 10.5 Å². The molecule has 0 aromatic carbocycles. The zero-order valence-electron chi connectivity index (χ0n) is 10.1. The molecule has 1 amide bonds. The maximum Gasteiger partial charge on any atom is 0.251 e. The van der Waals surface area contributed by atoms with E-state index in [0.717, 1.165) is 38.8 Å². The average molecular weight is 216 g/mol. The summed E-state index contributed by atoms with van der Waals surface area (Å²) in [5.41, 5.74) is 4.66. The van der Waals surface area contributed by atoms with E-state index in [1.54, 1.807) is 21.0 Å². The van der Waals surface area contributed by atoms with Crippen LogP contribution < -0.4 is 11.1 Å². The molecule has 15 heavy (non-hydrogen) atoms.